The first kappa shape index (κ1) is 13.3. The summed E-state index contributed by atoms with van der Waals surface area (Å²) >= 11 is 3.58. The fourth-order valence-electron chi connectivity index (χ4n) is 3.54. The fraction of sp³-hybridized carbons (Fsp3) is 0.353. The number of nitrogens with one attached hydrogen (secondary N) is 1. The smallest absolute Gasteiger partial charge is 0.0896 e. The van der Waals surface area contributed by atoms with Crippen molar-refractivity contribution >= 4 is 21.6 Å². The van der Waals surface area contributed by atoms with E-state index in [1.54, 1.807) is 0 Å². The van der Waals surface area contributed by atoms with E-state index in [4.69, 9.17) is 4.74 Å². The van der Waals surface area contributed by atoms with Gasteiger partial charge in [0.2, 0.25) is 0 Å². The highest BCUT2D eigenvalue weighted by molar-refractivity contribution is 9.10. The first-order valence-electron chi connectivity index (χ1n) is 7.40. The summed E-state index contributed by atoms with van der Waals surface area (Å²) in [7, 11) is 0. The van der Waals surface area contributed by atoms with Gasteiger partial charge in [-0.2, -0.15) is 0 Å². The Morgan fingerprint density at radius 2 is 2.05 bits per heavy atom. The van der Waals surface area contributed by atoms with Gasteiger partial charge < -0.3 is 10.1 Å². The predicted molar refractivity (Wildman–Crippen MR) is 86.2 cm³/mol. The van der Waals surface area contributed by atoms with Crippen LogP contribution >= 0.6 is 15.9 Å². The summed E-state index contributed by atoms with van der Waals surface area (Å²) in [4.78, 5) is 4.13. The Bertz CT molecular complexity index is 646. The van der Waals surface area contributed by atoms with E-state index in [2.05, 4.69) is 56.6 Å². The van der Waals surface area contributed by atoms with Crippen molar-refractivity contribution in [2.24, 2.45) is 5.92 Å². The molecule has 1 N–H and O–H groups in total. The van der Waals surface area contributed by atoms with Gasteiger partial charge in [0.15, 0.2) is 0 Å². The number of fused-ring (bicyclic) bond motifs is 3. The van der Waals surface area contributed by atoms with Crippen LogP contribution in [0.4, 0.5) is 5.69 Å². The summed E-state index contributed by atoms with van der Waals surface area (Å²) < 4.78 is 7.25. The van der Waals surface area contributed by atoms with E-state index in [1.807, 2.05) is 12.4 Å². The number of aromatic nitrogens is 1. The van der Waals surface area contributed by atoms with Crippen molar-refractivity contribution in [3.8, 4) is 0 Å². The number of hydrogen-bond donors (Lipinski definition) is 1. The summed E-state index contributed by atoms with van der Waals surface area (Å²) in [6.45, 7) is 0.857. The molecule has 0 amide bonds. The third kappa shape index (κ3) is 2.36. The Labute approximate surface area is 132 Å². The van der Waals surface area contributed by atoms with Crippen molar-refractivity contribution in [2.75, 3.05) is 11.9 Å². The Morgan fingerprint density at radius 1 is 1.19 bits per heavy atom. The average molecular weight is 345 g/mol. The van der Waals surface area contributed by atoms with Gasteiger partial charge in [-0.25, -0.2) is 0 Å². The van der Waals surface area contributed by atoms with Gasteiger partial charge in [-0.3, -0.25) is 4.98 Å². The molecule has 0 saturated carbocycles. The number of benzene rings is 1. The monoisotopic (exact) mass is 344 g/mol. The quantitative estimate of drug-likeness (QED) is 0.828. The van der Waals surface area contributed by atoms with E-state index in [0.29, 0.717) is 12.0 Å². The van der Waals surface area contributed by atoms with Gasteiger partial charge in [0.1, 0.15) is 0 Å². The second-order valence-electron chi connectivity index (χ2n) is 5.73. The number of pyridine rings is 1. The molecule has 0 unspecified atom stereocenters. The number of halogens is 1. The lowest BCUT2D eigenvalue weighted by molar-refractivity contribution is -0.0381. The van der Waals surface area contributed by atoms with E-state index >= 15 is 0 Å². The summed E-state index contributed by atoms with van der Waals surface area (Å²) in [6.07, 6.45) is 6.25. The van der Waals surface area contributed by atoms with Crippen LogP contribution in [0.15, 0.2) is 47.2 Å². The third-order valence-electron chi connectivity index (χ3n) is 4.49. The minimum atomic E-state index is 0.186. The zero-order valence-corrected chi connectivity index (χ0v) is 13.2. The van der Waals surface area contributed by atoms with Gasteiger partial charge in [-0.1, -0.05) is 15.9 Å². The molecule has 1 fully saturated rings. The van der Waals surface area contributed by atoms with Crippen molar-refractivity contribution < 1.29 is 4.74 Å². The van der Waals surface area contributed by atoms with E-state index in [0.717, 1.165) is 17.5 Å². The normalized spacial score (nSPS) is 27.4. The molecule has 1 saturated heterocycles. The molecule has 4 heteroatoms. The van der Waals surface area contributed by atoms with Crippen molar-refractivity contribution in [3.63, 3.8) is 0 Å². The largest absolute Gasteiger partial charge is 0.378 e. The molecule has 0 bridgehead atoms. The van der Waals surface area contributed by atoms with Gasteiger partial charge in [-0.05, 0) is 48.7 Å². The molecular formula is C17H17BrN2O. The average Bonchev–Trinajstić information content (AvgIpc) is 2.55. The number of rotatable bonds is 1. The second-order valence-corrected chi connectivity index (χ2v) is 6.65. The van der Waals surface area contributed by atoms with Crippen LogP contribution in [0.25, 0.3) is 0 Å². The Morgan fingerprint density at radius 3 is 2.90 bits per heavy atom. The topological polar surface area (TPSA) is 34.1 Å². The fourth-order valence-corrected chi connectivity index (χ4v) is 3.92. The van der Waals surface area contributed by atoms with Crippen LogP contribution in [0.5, 0.6) is 0 Å². The molecule has 2 aromatic rings. The van der Waals surface area contributed by atoms with Crippen LogP contribution in [0.3, 0.4) is 0 Å². The predicted octanol–water partition coefficient (Wildman–Crippen LogP) is 4.48. The lowest BCUT2D eigenvalue weighted by Gasteiger charge is -2.43. The minimum absolute atomic E-state index is 0.186. The highest BCUT2D eigenvalue weighted by Gasteiger charge is 2.39. The molecule has 1 aromatic heterocycles. The van der Waals surface area contributed by atoms with Crippen LogP contribution in [-0.4, -0.2) is 11.6 Å². The Kier molecular flexibility index (Phi) is 3.43. The van der Waals surface area contributed by atoms with Crippen LogP contribution < -0.4 is 5.32 Å². The molecule has 3 atom stereocenters. The lowest BCUT2D eigenvalue weighted by Crippen LogP contribution is -2.36. The minimum Gasteiger partial charge on any atom is -0.378 e. The molecule has 108 valence electrons. The van der Waals surface area contributed by atoms with E-state index in [-0.39, 0.29) is 6.10 Å². The van der Waals surface area contributed by atoms with Crippen molar-refractivity contribution in [1.29, 1.82) is 0 Å². The molecule has 3 heterocycles. The molecule has 0 spiro atoms. The summed E-state index contributed by atoms with van der Waals surface area (Å²) in [5.41, 5.74) is 3.75. The Balaban J connectivity index is 1.79. The molecule has 2 aliphatic heterocycles. The van der Waals surface area contributed by atoms with Crippen LogP contribution in [0, 0.1) is 5.92 Å². The molecule has 4 rings (SSSR count). The first-order chi connectivity index (χ1) is 10.3. The summed E-state index contributed by atoms with van der Waals surface area (Å²) in [6, 6.07) is 10.9. The van der Waals surface area contributed by atoms with Crippen molar-refractivity contribution in [2.45, 2.75) is 25.0 Å². The molecule has 0 radical (unpaired) electrons. The van der Waals surface area contributed by atoms with Crippen LogP contribution in [0.1, 0.15) is 36.1 Å². The highest BCUT2D eigenvalue weighted by atomic mass is 79.9. The summed E-state index contributed by atoms with van der Waals surface area (Å²) in [5, 5.41) is 3.71. The van der Waals surface area contributed by atoms with E-state index < -0.39 is 0 Å². The van der Waals surface area contributed by atoms with Crippen LogP contribution in [0.2, 0.25) is 0 Å². The zero-order valence-electron chi connectivity index (χ0n) is 11.6. The van der Waals surface area contributed by atoms with Gasteiger partial charge in [-0.15, -0.1) is 0 Å². The number of ether oxygens (including phenoxy) is 1. The maximum Gasteiger partial charge on any atom is 0.0896 e. The van der Waals surface area contributed by atoms with Crippen molar-refractivity contribution in [3.05, 3.63) is 58.3 Å². The van der Waals surface area contributed by atoms with Gasteiger partial charge in [0, 0.05) is 40.6 Å². The Hall–Kier alpha value is -1.39. The standard InChI is InChI=1S/C17H17BrN2O/c18-12-3-4-15-14(10-12)17-13(2-1-9-21-17)16(20-15)11-5-7-19-8-6-11/h3-8,10,13,16-17,20H,1-2,9H2/t13-,16+,17-/m0/s1. The number of hydrogen-bond acceptors (Lipinski definition) is 3. The number of anilines is 1. The maximum absolute atomic E-state index is 6.14. The third-order valence-corrected chi connectivity index (χ3v) is 4.99. The molecular weight excluding hydrogens is 328 g/mol. The van der Waals surface area contributed by atoms with Crippen molar-refractivity contribution in [1.82, 2.24) is 4.98 Å². The lowest BCUT2D eigenvalue weighted by atomic mass is 9.78. The second kappa shape index (κ2) is 5.43. The molecule has 1 aromatic carbocycles. The van der Waals surface area contributed by atoms with Gasteiger partial charge in [0.25, 0.3) is 0 Å². The molecule has 2 aliphatic rings. The van der Waals surface area contributed by atoms with E-state index in [9.17, 15) is 0 Å². The van der Waals surface area contributed by atoms with E-state index in [1.165, 1.54) is 23.2 Å². The zero-order chi connectivity index (χ0) is 14.2. The highest BCUT2D eigenvalue weighted by Crippen LogP contribution is 2.49. The SMILES string of the molecule is Brc1ccc2c(c1)[C@H]1OCCC[C@H]1[C@@H](c1ccncc1)N2. The molecule has 0 aliphatic carbocycles. The number of nitrogens with zero attached hydrogens (tertiary/aromatic N) is 1. The van der Waals surface area contributed by atoms with Crippen LogP contribution in [-0.2, 0) is 4.74 Å². The molecule has 3 nitrogen and oxygen atoms in total. The summed E-state index contributed by atoms with van der Waals surface area (Å²) in [5.74, 6) is 0.475. The maximum atomic E-state index is 6.14. The van der Waals surface area contributed by atoms with Gasteiger partial charge in [0.05, 0.1) is 12.1 Å². The van der Waals surface area contributed by atoms with Gasteiger partial charge >= 0.3 is 0 Å². The molecule has 21 heavy (non-hydrogen) atoms. The first-order valence-corrected chi connectivity index (χ1v) is 8.20.